The van der Waals surface area contributed by atoms with Gasteiger partial charge in [0.1, 0.15) is 5.54 Å². The van der Waals surface area contributed by atoms with E-state index < -0.39 is 5.54 Å². The number of nitrogens with zero attached hydrogens (tertiary/aromatic N) is 2. The molecular weight excluding hydrogens is 408 g/mol. The molecule has 6 nitrogen and oxygen atoms in total. The van der Waals surface area contributed by atoms with E-state index in [0.29, 0.717) is 14.9 Å². The largest absolute Gasteiger partial charge is 0.370 e. The Balaban J connectivity index is 1.59. The van der Waals surface area contributed by atoms with Gasteiger partial charge < -0.3 is 20.4 Å². The zero-order valence-corrected chi connectivity index (χ0v) is 18.6. The highest BCUT2D eigenvalue weighted by Gasteiger charge is 2.30. The van der Waals surface area contributed by atoms with E-state index in [2.05, 4.69) is 27.5 Å². The van der Waals surface area contributed by atoms with Crippen molar-refractivity contribution in [1.29, 1.82) is 0 Å². The number of halogens is 1. The van der Waals surface area contributed by atoms with Crippen molar-refractivity contribution in [1.82, 2.24) is 10.2 Å². The molecule has 2 amide bonds. The summed E-state index contributed by atoms with van der Waals surface area (Å²) in [7, 11) is 2.15. The van der Waals surface area contributed by atoms with Crippen molar-refractivity contribution < 1.29 is 9.59 Å². The molecule has 0 unspecified atom stereocenters. The second-order valence-electron chi connectivity index (χ2n) is 7.83. The summed E-state index contributed by atoms with van der Waals surface area (Å²) in [6, 6.07) is 11.2. The van der Waals surface area contributed by atoms with Crippen LogP contribution < -0.4 is 15.5 Å². The maximum Gasteiger partial charge on any atom is 0.262 e. The molecule has 0 atom stereocenters. The van der Waals surface area contributed by atoms with E-state index >= 15 is 0 Å². The Hall–Kier alpha value is -2.09. The molecule has 1 aliphatic rings. The lowest BCUT2D eigenvalue weighted by molar-refractivity contribution is -0.120. The van der Waals surface area contributed by atoms with Gasteiger partial charge in [-0.1, -0.05) is 11.6 Å². The maximum absolute atomic E-state index is 12.7. The molecular formula is C21H27ClN4O2S. The molecule has 156 valence electrons. The average Bonchev–Trinajstić information content (AvgIpc) is 2.99. The van der Waals surface area contributed by atoms with E-state index in [1.54, 1.807) is 26.0 Å². The molecule has 29 heavy (non-hydrogen) atoms. The number of thiophene rings is 1. The zero-order valence-electron chi connectivity index (χ0n) is 17.0. The average molecular weight is 435 g/mol. The highest BCUT2D eigenvalue weighted by molar-refractivity contribution is 7.18. The molecule has 0 bridgehead atoms. The van der Waals surface area contributed by atoms with Gasteiger partial charge in [-0.3, -0.25) is 9.59 Å². The second-order valence-corrected chi connectivity index (χ2v) is 9.54. The predicted octanol–water partition coefficient (Wildman–Crippen LogP) is 3.69. The maximum atomic E-state index is 12.7. The van der Waals surface area contributed by atoms with E-state index in [1.165, 1.54) is 11.3 Å². The molecule has 0 spiro atoms. The van der Waals surface area contributed by atoms with Gasteiger partial charge in [-0.25, -0.2) is 0 Å². The van der Waals surface area contributed by atoms with Crippen LogP contribution in [0.25, 0.3) is 0 Å². The number of hydrogen-bond acceptors (Lipinski definition) is 5. The lowest BCUT2D eigenvalue weighted by atomic mass is 10.0. The van der Waals surface area contributed by atoms with Crippen LogP contribution in [-0.2, 0) is 4.79 Å². The second kappa shape index (κ2) is 9.15. The van der Waals surface area contributed by atoms with Crippen LogP contribution in [-0.4, -0.2) is 55.5 Å². The Morgan fingerprint density at radius 3 is 2.41 bits per heavy atom. The molecule has 2 aromatic rings. The van der Waals surface area contributed by atoms with Gasteiger partial charge in [0.25, 0.3) is 5.91 Å². The fraction of sp³-hybridized carbons (Fsp3) is 0.429. The molecule has 0 saturated carbocycles. The highest BCUT2D eigenvalue weighted by Crippen LogP contribution is 2.23. The fourth-order valence-electron chi connectivity index (χ4n) is 3.19. The molecule has 1 aliphatic heterocycles. The first-order chi connectivity index (χ1) is 13.7. The molecule has 1 aromatic heterocycles. The van der Waals surface area contributed by atoms with Gasteiger partial charge in [0.05, 0.1) is 9.21 Å². The third-order valence-corrected chi connectivity index (χ3v) is 6.23. The summed E-state index contributed by atoms with van der Waals surface area (Å²) < 4.78 is 0.536. The number of likely N-dealkylation sites (N-methyl/N-ethyl adjacent to an activating group) is 1. The number of nitrogens with one attached hydrogen (secondary N) is 2. The highest BCUT2D eigenvalue weighted by atomic mass is 35.5. The minimum atomic E-state index is -1.07. The Morgan fingerprint density at radius 1 is 1.03 bits per heavy atom. The van der Waals surface area contributed by atoms with Gasteiger partial charge in [-0.05, 0) is 70.3 Å². The third-order valence-electron chi connectivity index (χ3n) is 5.00. The van der Waals surface area contributed by atoms with Crippen LogP contribution in [0.3, 0.4) is 0 Å². The molecule has 2 N–H and O–H groups in total. The molecule has 1 aromatic carbocycles. The number of rotatable bonds is 5. The van der Waals surface area contributed by atoms with Crippen LogP contribution in [0.5, 0.6) is 0 Å². The summed E-state index contributed by atoms with van der Waals surface area (Å²) in [5.41, 5.74) is 0.786. The number of hydrogen-bond donors (Lipinski definition) is 2. The number of amides is 2. The molecule has 2 heterocycles. The van der Waals surface area contributed by atoms with Crippen molar-refractivity contribution in [3.8, 4) is 0 Å². The summed E-state index contributed by atoms with van der Waals surface area (Å²) in [5, 5.41) is 5.66. The van der Waals surface area contributed by atoms with Gasteiger partial charge in [-0.2, -0.15) is 0 Å². The molecule has 8 heteroatoms. The minimum absolute atomic E-state index is 0.280. The Morgan fingerprint density at radius 2 is 1.76 bits per heavy atom. The van der Waals surface area contributed by atoms with E-state index in [0.717, 1.165) is 38.3 Å². The molecule has 0 aliphatic carbocycles. The van der Waals surface area contributed by atoms with Gasteiger partial charge >= 0.3 is 0 Å². The predicted molar refractivity (Wildman–Crippen MR) is 120 cm³/mol. The Kier molecular flexibility index (Phi) is 6.82. The van der Waals surface area contributed by atoms with Crippen LogP contribution in [0.1, 0.15) is 29.9 Å². The van der Waals surface area contributed by atoms with E-state index in [9.17, 15) is 9.59 Å². The molecule has 3 rings (SSSR count). The summed E-state index contributed by atoms with van der Waals surface area (Å²) in [6.07, 6.45) is 1.14. The summed E-state index contributed by atoms with van der Waals surface area (Å²) in [4.78, 5) is 30.2. The van der Waals surface area contributed by atoms with Crippen molar-refractivity contribution >= 4 is 46.1 Å². The lowest BCUT2D eigenvalue weighted by Crippen LogP contribution is -2.52. The van der Waals surface area contributed by atoms with Gasteiger partial charge in [0.15, 0.2) is 0 Å². The lowest BCUT2D eigenvalue weighted by Gasteiger charge is -2.25. The van der Waals surface area contributed by atoms with Crippen molar-refractivity contribution in [3.05, 3.63) is 45.6 Å². The Bertz CT molecular complexity index is 866. The smallest absolute Gasteiger partial charge is 0.262 e. The van der Waals surface area contributed by atoms with E-state index in [-0.39, 0.29) is 11.8 Å². The standard InChI is InChI=1S/C21H27ClN4O2S/c1-21(2,24-19(27)17-9-10-18(22)29-17)20(28)23-15-5-7-16(8-6-15)26-12-4-11-25(3)13-14-26/h5-10H,4,11-14H2,1-3H3,(H,23,28)(H,24,27). The van der Waals surface area contributed by atoms with Crippen molar-refractivity contribution in [2.45, 2.75) is 25.8 Å². The molecule has 1 saturated heterocycles. The number of carbonyl (C=O) groups excluding carboxylic acids is 2. The first-order valence-corrected chi connectivity index (χ1v) is 10.9. The number of anilines is 2. The van der Waals surface area contributed by atoms with Crippen LogP contribution in [0.2, 0.25) is 4.34 Å². The van der Waals surface area contributed by atoms with Crippen molar-refractivity contribution in [3.63, 3.8) is 0 Å². The molecule has 0 radical (unpaired) electrons. The van der Waals surface area contributed by atoms with Crippen LogP contribution in [0, 0.1) is 0 Å². The monoisotopic (exact) mass is 434 g/mol. The third kappa shape index (κ3) is 5.72. The van der Waals surface area contributed by atoms with E-state index in [1.807, 2.05) is 24.3 Å². The van der Waals surface area contributed by atoms with Gasteiger partial charge in [0.2, 0.25) is 5.91 Å². The van der Waals surface area contributed by atoms with Crippen LogP contribution in [0.4, 0.5) is 11.4 Å². The van der Waals surface area contributed by atoms with E-state index in [4.69, 9.17) is 11.6 Å². The van der Waals surface area contributed by atoms with Gasteiger partial charge in [-0.15, -0.1) is 11.3 Å². The summed E-state index contributed by atoms with van der Waals surface area (Å²) in [5.74, 6) is -0.596. The van der Waals surface area contributed by atoms with Crippen LogP contribution in [0.15, 0.2) is 36.4 Å². The van der Waals surface area contributed by atoms with Crippen molar-refractivity contribution in [2.75, 3.05) is 43.4 Å². The fourth-order valence-corrected chi connectivity index (χ4v) is 4.12. The first kappa shape index (κ1) is 21.6. The summed E-state index contributed by atoms with van der Waals surface area (Å²) in [6.45, 7) is 7.54. The number of benzene rings is 1. The topological polar surface area (TPSA) is 64.7 Å². The first-order valence-electron chi connectivity index (χ1n) is 9.67. The number of carbonyl (C=O) groups is 2. The normalized spacial score (nSPS) is 15.7. The van der Waals surface area contributed by atoms with Gasteiger partial charge in [0, 0.05) is 31.0 Å². The molecule has 1 fully saturated rings. The zero-order chi connectivity index (χ0) is 21.0. The van der Waals surface area contributed by atoms with Crippen LogP contribution >= 0.6 is 22.9 Å². The summed E-state index contributed by atoms with van der Waals surface area (Å²) >= 11 is 7.07. The quantitative estimate of drug-likeness (QED) is 0.753. The van der Waals surface area contributed by atoms with Crippen molar-refractivity contribution in [2.24, 2.45) is 0 Å². The minimum Gasteiger partial charge on any atom is -0.370 e. The Labute approximate surface area is 180 Å². The SMILES string of the molecule is CN1CCCN(c2ccc(NC(=O)C(C)(C)NC(=O)c3ccc(Cl)s3)cc2)CC1.